The highest BCUT2D eigenvalue weighted by molar-refractivity contribution is 8.14. The van der Waals surface area contributed by atoms with Gasteiger partial charge in [0.05, 0.1) is 5.75 Å². The van der Waals surface area contributed by atoms with E-state index >= 15 is 0 Å². The van der Waals surface area contributed by atoms with Crippen LogP contribution in [0.15, 0.2) is 24.3 Å². The monoisotopic (exact) mass is 349 g/mol. The molecule has 0 saturated carbocycles. The van der Waals surface area contributed by atoms with E-state index in [4.69, 9.17) is 0 Å². The summed E-state index contributed by atoms with van der Waals surface area (Å²) < 4.78 is 0. The molecule has 6 nitrogen and oxygen atoms in total. The van der Waals surface area contributed by atoms with Crippen molar-refractivity contribution in [3.63, 3.8) is 0 Å². The van der Waals surface area contributed by atoms with E-state index < -0.39 is 0 Å². The number of hydrogen-bond donors (Lipinski definition) is 1. The Hall–Kier alpha value is -1.86. The SMILES string of the molecule is CCN(CC)Cc1ccc(C(=O)NCCN2C(=O)CSC2=O)cc1. The van der Waals surface area contributed by atoms with Gasteiger partial charge in [0.1, 0.15) is 0 Å². The molecule has 0 bridgehead atoms. The lowest BCUT2D eigenvalue weighted by Crippen LogP contribution is -2.37. The van der Waals surface area contributed by atoms with Crippen molar-refractivity contribution in [3.05, 3.63) is 35.4 Å². The Morgan fingerprint density at radius 1 is 1.21 bits per heavy atom. The van der Waals surface area contributed by atoms with Crippen molar-refractivity contribution >= 4 is 28.8 Å². The summed E-state index contributed by atoms with van der Waals surface area (Å²) in [7, 11) is 0. The van der Waals surface area contributed by atoms with Crippen LogP contribution in [0.3, 0.4) is 0 Å². The number of amides is 3. The van der Waals surface area contributed by atoms with Gasteiger partial charge in [-0.3, -0.25) is 24.2 Å². The van der Waals surface area contributed by atoms with Gasteiger partial charge in [0.25, 0.3) is 11.1 Å². The number of carbonyl (C=O) groups excluding carboxylic acids is 3. The highest BCUT2D eigenvalue weighted by Crippen LogP contribution is 2.17. The van der Waals surface area contributed by atoms with Gasteiger partial charge in [-0.05, 0) is 30.8 Å². The van der Waals surface area contributed by atoms with Gasteiger partial charge in [-0.15, -0.1) is 0 Å². The number of nitrogens with zero attached hydrogens (tertiary/aromatic N) is 2. The Bertz CT molecular complexity index is 584. The maximum atomic E-state index is 12.1. The number of thioether (sulfide) groups is 1. The second-order valence-electron chi connectivity index (χ2n) is 5.51. The first-order chi connectivity index (χ1) is 11.5. The zero-order chi connectivity index (χ0) is 17.5. The Morgan fingerprint density at radius 3 is 2.42 bits per heavy atom. The lowest BCUT2D eigenvalue weighted by atomic mass is 10.1. The van der Waals surface area contributed by atoms with Gasteiger partial charge in [-0.1, -0.05) is 37.7 Å². The summed E-state index contributed by atoms with van der Waals surface area (Å²) in [6.45, 7) is 7.58. The van der Waals surface area contributed by atoms with Gasteiger partial charge in [-0.25, -0.2) is 0 Å². The van der Waals surface area contributed by atoms with Crippen molar-refractivity contribution in [2.75, 3.05) is 31.9 Å². The van der Waals surface area contributed by atoms with Crippen LogP contribution in [0.1, 0.15) is 29.8 Å². The Balaban J connectivity index is 1.82. The summed E-state index contributed by atoms with van der Waals surface area (Å²) in [5.41, 5.74) is 1.74. The first-order valence-corrected chi connectivity index (χ1v) is 9.10. The minimum Gasteiger partial charge on any atom is -0.350 e. The molecule has 130 valence electrons. The van der Waals surface area contributed by atoms with E-state index in [9.17, 15) is 14.4 Å². The Kier molecular flexibility index (Phi) is 6.81. The van der Waals surface area contributed by atoms with Gasteiger partial charge < -0.3 is 5.32 Å². The molecule has 0 aromatic heterocycles. The molecule has 1 aromatic carbocycles. The summed E-state index contributed by atoms with van der Waals surface area (Å²) >= 11 is 0.999. The zero-order valence-corrected chi connectivity index (χ0v) is 14.9. The van der Waals surface area contributed by atoms with E-state index in [1.165, 1.54) is 10.5 Å². The van der Waals surface area contributed by atoms with Gasteiger partial charge in [-0.2, -0.15) is 0 Å². The summed E-state index contributed by atoms with van der Waals surface area (Å²) in [4.78, 5) is 38.5. The van der Waals surface area contributed by atoms with E-state index in [1.807, 2.05) is 12.1 Å². The second-order valence-corrected chi connectivity index (χ2v) is 6.44. The van der Waals surface area contributed by atoms with Crippen LogP contribution in [0.2, 0.25) is 0 Å². The molecule has 3 amide bonds. The lowest BCUT2D eigenvalue weighted by Gasteiger charge is -2.18. The molecule has 1 aliphatic rings. The molecule has 1 aromatic rings. The van der Waals surface area contributed by atoms with Crippen molar-refractivity contribution in [1.82, 2.24) is 15.1 Å². The summed E-state index contributed by atoms with van der Waals surface area (Å²) in [5.74, 6) is -0.197. The highest BCUT2D eigenvalue weighted by atomic mass is 32.2. The van der Waals surface area contributed by atoms with Crippen molar-refractivity contribution in [3.8, 4) is 0 Å². The summed E-state index contributed by atoms with van der Waals surface area (Å²) in [6.07, 6.45) is 0. The minimum absolute atomic E-state index is 0.194. The van der Waals surface area contributed by atoms with E-state index in [0.29, 0.717) is 5.56 Å². The minimum atomic E-state index is -0.241. The molecule has 7 heteroatoms. The van der Waals surface area contributed by atoms with Gasteiger partial charge in [0.2, 0.25) is 5.91 Å². The van der Waals surface area contributed by atoms with Crippen LogP contribution >= 0.6 is 11.8 Å². The van der Waals surface area contributed by atoms with Crippen molar-refractivity contribution in [2.45, 2.75) is 20.4 Å². The van der Waals surface area contributed by atoms with E-state index in [-0.39, 0.29) is 35.9 Å². The predicted octanol–water partition coefficient (Wildman–Crippen LogP) is 1.95. The quantitative estimate of drug-likeness (QED) is 0.777. The third-order valence-corrected chi connectivity index (χ3v) is 4.84. The fourth-order valence-corrected chi connectivity index (χ4v) is 3.20. The van der Waals surface area contributed by atoms with Gasteiger partial charge in [0, 0.05) is 25.2 Å². The van der Waals surface area contributed by atoms with E-state index in [0.717, 1.165) is 31.4 Å². The number of nitrogens with one attached hydrogen (secondary N) is 1. The van der Waals surface area contributed by atoms with Crippen LogP contribution in [0.25, 0.3) is 0 Å². The second kappa shape index (κ2) is 8.84. The van der Waals surface area contributed by atoms with Crippen LogP contribution < -0.4 is 5.32 Å². The van der Waals surface area contributed by atoms with Crippen LogP contribution in [0, 0.1) is 0 Å². The highest BCUT2D eigenvalue weighted by Gasteiger charge is 2.29. The molecule has 0 atom stereocenters. The first kappa shape index (κ1) is 18.5. The van der Waals surface area contributed by atoms with E-state index in [1.54, 1.807) is 12.1 Å². The Morgan fingerprint density at radius 2 is 1.88 bits per heavy atom. The van der Waals surface area contributed by atoms with E-state index in [2.05, 4.69) is 24.1 Å². The molecule has 0 unspecified atom stereocenters. The number of hydrogen-bond acceptors (Lipinski definition) is 5. The molecule has 2 rings (SSSR count). The van der Waals surface area contributed by atoms with Crippen molar-refractivity contribution in [2.24, 2.45) is 0 Å². The van der Waals surface area contributed by atoms with Crippen LogP contribution in [0.5, 0.6) is 0 Å². The van der Waals surface area contributed by atoms with Crippen molar-refractivity contribution in [1.29, 1.82) is 0 Å². The average Bonchev–Trinajstić information content (AvgIpc) is 2.92. The Labute approximate surface area is 146 Å². The predicted molar refractivity (Wildman–Crippen MR) is 95.0 cm³/mol. The topological polar surface area (TPSA) is 69.7 Å². The lowest BCUT2D eigenvalue weighted by molar-refractivity contribution is -0.124. The molecule has 1 heterocycles. The maximum Gasteiger partial charge on any atom is 0.288 e. The fourth-order valence-electron chi connectivity index (χ4n) is 2.45. The summed E-state index contributed by atoms with van der Waals surface area (Å²) in [5, 5.41) is 2.50. The average molecular weight is 349 g/mol. The number of rotatable bonds is 8. The number of benzene rings is 1. The van der Waals surface area contributed by atoms with Crippen molar-refractivity contribution < 1.29 is 14.4 Å². The van der Waals surface area contributed by atoms with Gasteiger partial charge in [0.15, 0.2) is 0 Å². The fraction of sp³-hybridized carbons (Fsp3) is 0.471. The molecule has 1 saturated heterocycles. The third-order valence-electron chi connectivity index (χ3n) is 3.98. The first-order valence-electron chi connectivity index (χ1n) is 8.11. The summed E-state index contributed by atoms with van der Waals surface area (Å²) in [6, 6.07) is 7.52. The third kappa shape index (κ3) is 4.82. The van der Waals surface area contributed by atoms with Gasteiger partial charge >= 0.3 is 0 Å². The largest absolute Gasteiger partial charge is 0.350 e. The molecule has 1 aliphatic heterocycles. The molecule has 0 spiro atoms. The molecule has 1 N–H and O–H groups in total. The van der Waals surface area contributed by atoms with Crippen LogP contribution in [-0.2, 0) is 11.3 Å². The van der Waals surface area contributed by atoms with Crippen LogP contribution in [0.4, 0.5) is 4.79 Å². The molecule has 0 aliphatic carbocycles. The number of carbonyl (C=O) groups is 3. The maximum absolute atomic E-state index is 12.1. The smallest absolute Gasteiger partial charge is 0.288 e. The standard InChI is InChI=1S/C17H23N3O3S/c1-3-19(4-2)11-13-5-7-14(8-6-13)16(22)18-9-10-20-15(21)12-24-17(20)23/h5-8H,3-4,9-12H2,1-2H3,(H,18,22). The normalized spacial score (nSPS) is 14.5. The van der Waals surface area contributed by atoms with Crippen LogP contribution in [-0.4, -0.2) is 58.8 Å². The molecule has 24 heavy (non-hydrogen) atoms. The number of imide groups is 1. The molecule has 1 fully saturated rings. The molecular weight excluding hydrogens is 326 g/mol. The zero-order valence-electron chi connectivity index (χ0n) is 14.1. The molecule has 0 radical (unpaired) electrons. The molecular formula is C17H23N3O3S.